The number of hydrogen-bond donors (Lipinski definition) is 0. The maximum atomic E-state index is 14.0. The van der Waals surface area contributed by atoms with Crippen LogP contribution >= 0.6 is 0 Å². The molecule has 0 unspecified atom stereocenters. The molecule has 0 atom stereocenters. The van der Waals surface area contributed by atoms with E-state index in [0.717, 1.165) is 24.3 Å². The van der Waals surface area contributed by atoms with Crippen molar-refractivity contribution in [3.8, 4) is 0 Å². The number of halogens is 6. The van der Waals surface area contributed by atoms with Crippen molar-refractivity contribution in [2.24, 2.45) is 0 Å². The Labute approximate surface area is 154 Å². The fourth-order valence-corrected chi connectivity index (χ4v) is 3.00. The molecule has 0 aliphatic carbocycles. The van der Waals surface area contributed by atoms with Crippen molar-refractivity contribution in [3.05, 3.63) is 59.7 Å². The molecule has 0 spiro atoms. The summed E-state index contributed by atoms with van der Waals surface area (Å²) in [5.74, 6) is 0. The van der Waals surface area contributed by atoms with Crippen molar-refractivity contribution >= 4 is 11.4 Å². The van der Waals surface area contributed by atoms with Crippen LogP contribution in [0.3, 0.4) is 0 Å². The summed E-state index contributed by atoms with van der Waals surface area (Å²) in [6.07, 6.45) is -11.2. The minimum Gasteiger partial charge on any atom is -0.378 e. The summed E-state index contributed by atoms with van der Waals surface area (Å²) in [6.45, 7) is 0. The molecule has 2 nitrogen and oxygen atoms in total. The first-order chi connectivity index (χ1) is 12.3. The predicted octanol–water partition coefficient (Wildman–Crippen LogP) is 5.23. The monoisotopic (exact) mass is 390 g/mol. The van der Waals surface area contributed by atoms with E-state index >= 15 is 0 Å². The van der Waals surface area contributed by atoms with E-state index in [1.54, 1.807) is 38.0 Å². The molecular formula is C19H20F6N2. The largest absolute Gasteiger partial charge is 0.411 e. The summed E-state index contributed by atoms with van der Waals surface area (Å²) in [6, 6.07) is 8.52. The van der Waals surface area contributed by atoms with Crippen LogP contribution in [-0.4, -0.2) is 40.5 Å². The molecule has 8 heteroatoms. The number of rotatable bonds is 4. The Morgan fingerprint density at radius 2 is 0.778 bits per heavy atom. The van der Waals surface area contributed by atoms with Crippen LogP contribution in [0.5, 0.6) is 0 Å². The number of benzene rings is 2. The Morgan fingerprint density at radius 1 is 0.519 bits per heavy atom. The number of nitrogens with zero attached hydrogens (tertiary/aromatic N) is 2. The van der Waals surface area contributed by atoms with Gasteiger partial charge in [0.15, 0.2) is 0 Å². The van der Waals surface area contributed by atoms with Gasteiger partial charge in [-0.25, -0.2) is 0 Å². The second-order valence-corrected chi connectivity index (χ2v) is 6.63. The smallest absolute Gasteiger partial charge is 0.378 e. The quantitative estimate of drug-likeness (QED) is 0.660. The molecule has 2 rings (SSSR count). The average Bonchev–Trinajstić information content (AvgIpc) is 2.53. The highest BCUT2D eigenvalue weighted by molar-refractivity contribution is 5.54. The molecule has 2 aromatic carbocycles. The van der Waals surface area contributed by atoms with E-state index in [4.69, 9.17) is 0 Å². The van der Waals surface area contributed by atoms with Crippen molar-refractivity contribution < 1.29 is 26.3 Å². The van der Waals surface area contributed by atoms with Crippen LogP contribution in [0.1, 0.15) is 11.1 Å². The molecule has 0 N–H and O–H groups in total. The summed E-state index contributed by atoms with van der Waals surface area (Å²) in [5.41, 5.74) is -4.85. The van der Waals surface area contributed by atoms with Crippen molar-refractivity contribution in [1.82, 2.24) is 0 Å². The standard InChI is InChI=1S/C19H20F6N2/c1-26(2)15-9-5-13(6-10-15)17(18(20,21)22,19(23,24)25)14-7-11-16(12-8-14)27(3)4/h5-12H,1-4H3. The molecule has 0 saturated carbocycles. The Hall–Kier alpha value is -2.38. The summed E-state index contributed by atoms with van der Waals surface area (Å²) in [5, 5.41) is 0. The average molecular weight is 390 g/mol. The van der Waals surface area contributed by atoms with Gasteiger partial charge in [0.05, 0.1) is 0 Å². The Morgan fingerprint density at radius 3 is 0.963 bits per heavy atom. The first-order valence-corrected chi connectivity index (χ1v) is 8.01. The van der Waals surface area contributed by atoms with Crippen LogP contribution in [0.25, 0.3) is 0 Å². The topological polar surface area (TPSA) is 6.48 Å². The highest BCUT2D eigenvalue weighted by atomic mass is 19.4. The zero-order valence-electron chi connectivity index (χ0n) is 15.3. The lowest BCUT2D eigenvalue weighted by Gasteiger charge is -2.38. The zero-order chi connectivity index (χ0) is 20.6. The normalized spacial score (nSPS) is 12.8. The van der Waals surface area contributed by atoms with Gasteiger partial charge in [-0.05, 0) is 35.4 Å². The zero-order valence-corrected chi connectivity index (χ0v) is 15.3. The summed E-state index contributed by atoms with van der Waals surface area (Å²) in [4.78, 5) is 3.19. The number of anilines is 2. The maximum absolute atomic E-state index is 14.0. The third kappa shape index (κ3) is 3.57. The maximum Gasteiger partial charge on any atom is 0.411 e. The first-order valence-electron chi connectivity index (χ1n) is 8.01. The van der Waals surface area contributed by atoms with Crippen molar-refractivity contribution in [3.63, 3.8) is 0 Å². The third-order valence-electron chi connectivity index (χ3n) is 4.48. The van der Waals surface area contributed by atoms with Gasteiger partial charge in [0.25, 0.3) is 0 Å². The molecule has 0 aliphatic heterocycles. The fourth-order valence-electron chi connectivity index (χ4n) is 3.00. The van der Waals surface area contributed by atoms with E-state index in [0.29, 0.717) is 11.4 Å². The van der Waals surface area contributed by atoms with E-state index in [-0.39, 0.29) is 0 Å². The predicted molar refractivity (Wildman–Crippen MR) is 94.4 cm³/mol. The first kappa shape index (κ1) is 20.9. The van der Waals surface area contributed by atoms with Gasteiger partial charge in [-0.3, -0.25) is 0 Å². The molecule has 0 saturated heterocycles. The molecule has 2 aromatic rings. The Kier molecular flexibility index (Phi) is 5.41. The van der Waals surface area contributed by atoms with Gasteiger partial charge in [0, 0.05) is 39.6 Å². The minimum atomic E-state index is -5.58. The van der Waals surface area contributed by atoms with E-state index in [1.165, 1.54) is 24.3 Å². The minimum absolute atomic E-state index is 0.500. The molecule has 0 bridgehead atoms. The van der Waals surface area contributed by atoms with Gasteiger partial charge in [0.2, 0.25) is 5.41 Å². The SMILES string of the molecule is CN(C)c1ccc(C(c2ccc(N(C)C)cc2)(C(F)(F)F)C(F)(F)F)cc1. The Balaban J connectivity index is 2.78. The lowest BCUT2D eigenvalue weighted by atomic mass is 9.73. The molecule has 0 aromatic heterocycles. The highest BCUT2D eigenvalue weighted by Gasteiger charge is 2.72. The van der Waals surface area contributed by atoms with E-state index in [9.17, 15) is 26.3 Å². The summed E-state index contributed by atoms with van der Waals surface area (Å²) < 4.78 is 84.1. The molecule has 27 heavy (non-hydrogen) atoms. The van der Waals surface area contributed by atoms with Crippen LogP contribution < -0.4 is 9.80 Å². The fraction of sp³-hybridized carbons (Fsp3) is 0.368. The van der Waals surface area contributed by atoms with Crippen LogP contribution in [0, 0.1) is 0 Å². The highest BCUT2D eigenvalue weighted by Crippen LogP contribution is 2.56. The molecule has 0 amide bonds. The van der Waals surface area contributed by atoms with Crippen LogP contribution in [0.15, 0.2) is 48.5 Å². The van der Waals surface area contributed by atoms with E-state index in [1.807, 2.05) is 0 Å². The van der Waals surface area contributed by atoms with Gasteiger partial charge in [0.1, 0.15) is 0 Å². The molecule has 0 radical (unpaired) electrons. The number of alkyl halides is 6. The van der Waals surface area contributed by atoms with Crippen LogP contribution in [0.2, 0.25) is 0 Å². The van der Waals surface area contributed by atoms with Crippen LogP contribution in [-0.2, 0) is 5.41 Å². The third-order valence-corrected chi connectivity index (χ3v) is 4.48. The van der Waals surface area contributed by atoms with Crippen molar-refractivity contribution in [2.45, 2.75) is 17.8 Å². The molecule has 0 aliphatic rings. The van der Waals surface area contributed by atoms with Gasteiger partial charge < -0.3 is 9.80 Å². The van der Waals surface area contributed by atoms with Crippen LogP contribution in [0.4, 0.5) is 37.7 Å². The van der Waals surface area contributed by atoms with Gasteiger partial charge in [-0.1, -0.05) is 24.3 Å². The molecular weight excluding hydrogens is 370 g/mol. The second-order valence-electron chi connectivity index (χ2n) is 6.63. The molecule has 0 fully saturated rings. The second kappa shape index (κ2) is 6.98. The molecule has 148 valence electrons. The van der Waals surface area contributed by atoms with Gasteiger partial charge in [-0.15, -0.1) is 0 Å². The Bertz CT molecular complexity index is 691. The van der Waals surface area contributed by atoms with Gasteiger partial charge in [-0.2, -0.15) is 26.3 Å². The van der Waals surface area contributed by atoms with E-state index in [2.05, 4.69) is 0 Å². The van der Waals surface area contributed by atoms with E-state index < -0.39 is 28.9 Å². The van der Waals surface area contributed by atoms with Gasteiger partial charge >= 0.3 is 12.4 Å². The lowest BCUT2D eigenvalue weighted by Crippen LogP contribution is -2.54. The summed E-state index contributed by atoms with van der Waals surface area (Å²) in [7, 11) is 6.59. The van der Waals surface area contributed by atoms with Crippen molar-refractivity contribution in [2.75, 3.05) is 38.0 Å². The lowest BCUT2D eigenvalue weighted by molar-refractivity contribution is -0.288. The van der Waals surface area contributed by atoms with Crippen molar-refractivity contribution in [1.29, 1.82) is 0 Å². The number of hydrogen-bond acceptors (Lipinski definition) is 2. The molecule has 0 heterocycles. The summed E-state index contributed by atoms with van der Waals surface area (Å²) >= 11 is 0.